The van der Waals surface area contributed by atoms with Gasteiger partial charge in [0.15, 0.2) is 0 Å². The maximum atomic E-state index is 12.9. The van der Waals surface area contributed by atoms with Crippen LogP contribution in [0.15, 0.2) is 24.3 Å². The number of halogens is 1. The fourth-order valence-corrected chi connectivity index (χ4v) is 2.58. The standard InChI is InChI=1S/C14H18FNO/c15-11-5-3-10(4-6-11)14(9-1-2-9)16-12-7-13(17)8-12/h3-6,9,12-14,16-17H,1-2,7-8H2. The van der Waals surface area contributed by atoms with Gasteiger partial charge in [-0.15, -0.1) is 0 Å². The molecule has 2 fully saturated rings. The lowest BCUT2D eigenvalue weighted by Gasteiger charge is -2.35. The molecule has 2 nitrogen and oxygen atoms in total. The molecule has 2 aliphatic rings. The van der Waals surface area contributed by atoms with Crippen LogP contribution in [0.5, 0.6) is 0 Å². The van der Waals surface area contributed by atoms with Crippen molar-refractivity contribution in [2.45, 2.75) is 43.9 Å². The summed E-state index contributed by atoms with van der Waals surface area (Å²) in [4.78, 5) is 0. The SMILES string of the molecule is OC1CC(NC(c2ccc(F)cc2)C2CC2)C1. The minimum atomic E-state index is -0.178. The molecular weight excluding hydrogens is 217 g/mol. The van der Waals surface area contributed by atoms with Crippen LogP contribution in [0.3, 0.4) is 0 Å². The van der Waals surface area contributed by atoms with Crippen LogP contribution in [-0.4, -0.2) is 17.3 Å². The summed E-state index contributed by atoms with van der Waals surface area (Å²) >= 11 is 0. The van der Waals surface area contributed by atoms with Crippen molar-refractivity contribution in [3.8, 4) is 0 Å². The second-order valence-corrected chi connectivity index (χ2v) is 5.36. The second kappa shape index (κ2) is 4.39. The molecule has 92 valence electrons. The smallest absolute Gasteiger partial charge is 0.123 e. The molecule has 0 radical (unpaired) electrons. The topological polar surface area (TPSA) is 32.3 Å². The van der Waals surface area contributed by atoms with Gasteiger partial charge in [-0.1, -0.05) is 12.1 Å². The Balaban J connectivity index is 1.69. The van der Waals surface area contributed by atoms with E-state index in [1.807, 2.05) is 12.1 Å². The Morgan fingerprint density at radius 2 is 1.82 bits per heavy atom. The van der Waals surface area contributed by atoms with E-state index in [0.717, 1.165) is 12.8 Å². The molecule has 2 aliphatic carbocycles. The van der Waals surface area contributed by atoms with Crippen molar-refractivity contribution in [2.24, 2.45) is 5.92 Å². The summed E-state index contributed by atoms with van der Waals surface area (Å²) in [5.74, 6) is 0.514. The molecule has 1 atom stereocenters. The molecule has 0 aromatic heterocycles. The van der Waals surface area contributed by atoms with Gasteiger partial charge in [0.2, 0.25) is 0 Å². The quantitative estimate of drug-likeness (QED) is 0.840. The normalized spacial score (nSPS) is 29.8. The lowest BCUT2D eigenvalue weighted by molar-refractivity contribution is 0.0563. The van der Waals surface area contributed by atoms with Gasteiger partial charge in [0.25, 0.3) is 0 Å². The van der Waals surface area contributed by atoms with Crippen molar-refractivity contribution in [1.29, 1.82) is 0 Å². The Bertz CT molecular complexity index is 382. The zero-order valence-corrected chi connectivity index (χ0v) is 9.77. The Labute approximate surface area is 101 Å². The van der Waals surface area contributed by atoms with Gasteiger partial charge in [0.05, 0.1) is 6.10 Å². The van der Waals surface area contributed by atoms with E-state index >= 15 is 0 Å². The number of nitrogens with one attached hydrogen (secondary N) is 1. The van der Waals surface area contributed by atoms with Crippen molar-refractivity contribution in [3.05, 3.63) is 35.6 Å². The molecule has 2 N–H and O–H groups in total. The van der Waals surface area contributed by atoms with E-state index in [-0.39, 0.29) is 11.9 Å². The highest BCUT2D eigenvalue weighted by Gasteiger charge is 2.36. The molecule has 3 rings (SSSR count). The molecule has 1 aromatic carbocycles. The van der Waals surface area contributed by atoms with Crippen LogP contribution < -0.4 is 5.32 Å². The number of hydrogen-bond acceptors (Lipinski definition) is 2. The highest BCUT2D eigenvalue weighted by molar-refractivity contribution is 5.22. The van der Waals surface area contributed by atoms with Crippen molar-refractivity contribution in [3.63, 3.8) is 0 Å². The Kier molecular flexibility index (Phi) is 2.89. The molecule has 0 amide bonds. The van der Waals surface area contributed by atoms with Crippen LogP contribution in [0.2, 0.25) is 0 Å². The molecular formula is C14H18FNO. The fourth-order valence-electron chi connectivity index (χ4n) is 2.58. The van der Waals surface area contributed by atoms with Crippen molar-refractivity contribution in [1.82, 2.24) is 5.32 Å². The van der Waals surface area contributed by atoms with Crippen LogP contribution in [0.25, 0.3) is 0 Å². The van der Waals surface area contributed by atoms with Crippen LogP contribution >= 0.6 is 0 Å². The Hall–Kier alpha value is -0.930. The first-order valence-electron chi connectivity index (χ1n) is 6.42. The first kappa shape index (κ1) is 11.2. The summed E-state index contributed by atoms with van der Waals surface area (Å²) in [6, 6.07) is 7.58. The van der Waals surface area contributed by atoms with E-state index in [1.54, 1.807) is 0 Å². The molecule has 0 saturated heterocycles. The van der Waals surface area contributed by atoms with Gasteiger partial charge in [-0.2, -0.15) is 0 Å². The van der Waals surface area contributed by atoms with Gasteiger partial charge >= 0.3 is 0 Å². The number of aliphatic hydroxyl groups excluding tert-OH is 1. The van der Waals surface area contributed by atoms with Gasteiger partial charge in [0, 0.05) is 12.1 Å². The third-order valence-electron chi connectivity index (χ3n) is 3.85. The van der Waals surface area contributed by atoms with E-state index in [2.05, 4.69) is 5.32 Å². The minimum absolute atomic E-state index is 0.124. The first-order valence-corrected chi connectivity index (χ1v) is 6.42. The van der Waals surface area contributed by atoms with Crippen molar-refractivity contribution < 1.29 is 9.50 Å². The number of aliphatic hydroxyl groups is 1. The average molecular weight is 235 g/mol. The Morgan fingerprint density at radius 1 is 1.18 bits per heavy atom. The van der Waals surface area contributed by atoms with Crippen LogP contribution in [0.4, 0.5) is 4.39 Å². The van der Waals surface area contributed by atoms with Gasteiger partial charge in [-0.25, -0.2) is 4.39 Å². The summed E-state index contributed by atoms with van der Waals surface area (Å²) in [6.07, 6.45) is 4.09. The third kappa shape index (κ3) is 2.50. The minimum Gasteiger partial charge on any atom is -0.393 e. The summed E-state index contributed by atoms with van der Waals surface area (Å²) in [6.45, 7) is 0. The number of benzene rings is 1. The number of hydrogen-bond donors (Lipinski definition) is 2. The Morgan fingerprint density at radius 3 is 2.35 bits per heavy atom. The zero-order chi connectivity index (χ0) is 11.8. The molecule has 0 heterocycles. The third-order valence-corrected chi connectivity index (χ3v) is 3.85. The summed E-state index contributed by atoms with van der Waals surface area (Å²) in [5.41, 5.74) is 1.18. The van der Waals surface area contributed by atoms with Crippen LogP contribution in [0.1, 0.15) is 37.3 Å². The van der Waals surface area contributed by atoms with E-state index in [0.29, 0.717) is 18.0 Å². The summed E-state index contributed by atoms with van der Waals surface area (Å²) in [5, 5.41) is 12.9. The maximum Gasteiger partial charge on any atom is 0.123 e. The fraction of sp³-hybridized carbons (Fsp3) is 0.571. The highest BCUT2D eigenvalue weighted by atomic mass is 19.1. The highest BCUT2D eigenvalue weighted by Crippen LogP contribution is 2.42. The van der Waals surface area contributed by atoms with Gasteiger partial charge in [-0.3, -0.25) is 0 Å². The molecule has 1 unspecified atom stereocenters. The van der Waals surface area contributed by atoms with Gasteiger partial charge in [-0.05, 0) is 49.3 Å². The lowest BCUT2D eigenvalue weighted by atomic mass is 9.87. The molecule has 17 heavy (non-hydrogen) atoms. The maximum absolute atomic E-state index is 12.9. The zero-order valence-electron chi connectivity index (χ0n) is 9.77. The first-order chi connectivity index (χ1) is 8.22. The molecule has 0 aliphatic heterocycles. The van der Waals surface area contributed by atoms with E-state index < -0.39 is 0 Å². The van der Waals surface area contributed by atoms with Crippen molar-refractivity contribution in [2.75, 3.05) is 0 Å². The largest absolute Gasteiger partial charge is 0.393 e. The average Bonchev–Trinajstić information content (AvgIpc) is 3.08. The van der Waals surface area contributed by atoms with E-state index in [1.165, 1.54) is 30.5 Å². The number of rotatable bonds is 4. The predicted octanol–water partition coefficient (Wildman–Crippen LogP) is 2.39. The van der Waals surface area contributed by atoms with Gasteiger partial charge in [0.1, 0.15) is 5.82 Å². The monoisotopic (exact) mass is 235 g/mol. The second-order valence-electron chi connectivity index (χ2n) is 5.36. The summed E-state index contributed by atoms with van der Waals surface area (Å²) in [7, 11) is 0. The lowest BCUT2D eigenvalue weighted by Crippen LogP contribution is -2.46. The molecule has 0 spiro atoms. The van der Waals surface area contributed by atoms with E-state index in [9.17, 15) is 9.50 Å². The van der Waals surface area contributed by atoms with Crippen LogP contribution in [-0.2, 0) is 0 Å². The summed E-state index contributed by atoms with van der Waals surface area (Å²) < 4.78 is 12.9. The van der Waals surface area contributed by atoms with Crippen molar-refractivity contribution >= 4 is 0 Å². The molecule has 1 aromatic rings. The predicted molar refractivity (Wildman–Crippen MR) is 64.0 cm³/mol. The van der Waals surface area contributed by atoms with E-state index in [4.69, 9.17) is 0 Å². The molecule has 2 saturated carbocycles. The van der Waals surface area contributed by atoms with Crippen LogP contribution in [0, 0.1) is 11.7 Å². The van der Waals surface area contributed by atoms with Gasteiger partial charge < -0.3 is 10.4 Å². The molecule has 0 bridgehead atoms. The molecule has 3 heteroatoms.